The van der Waals surface area contributed by atoms with Gasteiger partial charge in [-0.05, 0) is 25.7 Å². The lowest BCUT2D eigenvalue weighted by Crippen LogP contribution is -2.29. The zero-order chi connectivity index (χ0) is 17.0. The topological polar surface area (TPSA) is 84.9 Å². The summed E-state index contributed by atoms with van der Waals surface area (Å²) in [5, 5.41) is 11.5. The molecule has 1 aliphatic carbocycles. The van der Waals surface area contributed by atoms with Crippen molar-refractivity contribution in [3.63, 3.8) is 0 Å². The summed E-state index contributed by atoms with van der Waals surface area (Å²) in [6.45, 7) is 0. The summed E-state index contributed by atoms with van der Waals surface area (Å²) >= 11 is 0. The van der Waals surface area contributed by atoms with Gasteiger partial charge in [-0.15, -0.1) is 0 Å². The molecule has 0 aliphatic heterocycles. The number of carbonyl (C=O) groups excluding carboxylic acids is 1. The van der Waals surface area contributed by atoms with Gasteiger partial charge in [0.25, 0.3) is 0 Å². The molecule has 6 nitrogen and oxygen atoms in total. The molecule has 7 heteroatoms. The fourth-order valence-electron chi connectivity index (χ4n) is 2.79. The SMILES string of the molecule is COc1cc(F)c(NC(=O)C2CCC(C(=O)O)CC2)cc1OC. The number of amides is 1. The number of benzene rings is 1. The van der Waals surface area contributed by atoms with Crippen LogP contribution in [-0.4, -0.2) is 31.2 Å². The molecule has 0 aromatic heterocycles. The second-order valence-electron chi connectivity index (χ2n) is 5.56. The lowest BCUT2D eigenvalue weighted by atomic mass is 9.81. The van der Waals surface area contributed by atoms with Crippen LogP contribution in [0, 0.1) is 17.7 Å². The Morgan fingerprint density at radius 1 is 1.09 bits per heavy atom. The van der Waals surface area contributed by atoms with Crippen molar-refractivity contribution >= 4 is 17.6 Å². The zero-order valence-electron chi connectivity index (χ0n) is 13.1. The minimum Gasteiger partial charge on any atom is -0.493 e. The molecule has 1 fully saturated rings. The van der Waals surface area contributed by atoms with Crippen LogP contribution >= 0.6 is 0 Å². The molecule has 0 unspecified atom stereocenters. The molecule has 126 valence electrons. The first-order valence-corrected chi connectivity index (χ1v) is 7.41. The molecule has 1 aromatic carbocycles. The van der Waals surface area contributed by atoms with Crippen molar-refractivity contribution < 1.29 is 28.6 Å². The Hall–Kier alpha value is -2.31. The molecular formula is C16H20FNO5. The minimum atomic E-state index is -0.824. The van der Waals surface area contributed by atoms with Gasteiger partial charge in [0.05, 0.1) is 25.8 Å². The van der Waals surface area contributed by atoms with Crippen LogP contribution in [0.5, 0.6) is 11.5 Å². The highest BCUT2D eigenvalue weighted by Crippen LogP contribution is 2.34. The molecule has 1 amide bonds. The van der Waals surface area contributed by atoms with Gasteiger partial charge in [0.1, 0.15) is 0 Å². The van der Waals surface area contributed by atoms with Crippen molar-refractivity contribution in [2.75, 3.05) is 19.5 Å². The van der Waals surface area contributed by atoms with Crippen molar-refractivity contribution in [3.05, 3.63) is 17.9 Å². The number of anilines is 1. The maximum Gasteiger partial charge on any atom is 0.306 e. The van der Waals surface area contributed by atoms with Crippen molar-refractivity contribution in [3.8, 4) is 11.5 Å². The fourth-order valence-corrected chi connectivity index (χ4v) is 2.79. The molecule has 1 aliphatic rings. The van der Waals surface area contributed by atoms with Gasteiger partial charge < -0.3 is 19.9 Å². The maximum atomic E-state index is 14.0. The number of methoxy groups -OCH3 is 2. The Balaban J connectivity index is 2.05. The monoisotopic (exact) mass is 325 g/mol. The van der Waals surface area contributed by atoms with Crippen molar-refractivity contribution in [2.24, 2.45) is 11.8 Å². The minimum absolute atomic E-state index is 0.0213. The quantitative estimate of drug-likeness (QED) is 0.869. The van der Waals surface area contributed by atoms with Crippen molar-refractivity contribution in [1.29, 1.82) is 0 Å². The molecule has 1 saturated carbocycles. The van der Waals surface area contributed by atoms with E-state index in [0.717, 1.165) is 6.07 Å². The molecule has 0 saturated heterocycles. The van der Waals surface area contributed by atoms with Gasteiger partial charge in [0, 0.05) is 18.1 Å². The maximum absolute atomic E-state index is 14.0. The summed E-state index contributed by atoms with van der Waals surface area (Å²) in [5.74, 6) is -1.89. The molecule has 2 rings (SSSR count). The highest BCUT2D eigenvalue weighted by Gasteiger charge is 2.30. The summed E-state index contributed by atoms with van der Waals surface area (Å²) in [6.07, 6.45) is 1.89. The van der Waals surface area contributed by atoms with E-state index in [2.05, 4.69) is 5.32 Å². The van der Waals surface area contributed by atoms with Crippen LogP contribution in [0.3, 0.4) is 0 Å². The van der Waals surface area contributed by atoms with Crippen LogP contribution in [0.25, 0.3) is 0 Å². The van der Waals surface area contributed by atoms with Gasteiger partial charge in [0.2, 0.25) is 5.91 Å². The predicted octanol–water partition coefficient (Wildman–Crippen LogP) is 2.67. The second kappa shape index (κ2) is 7.30. The number of aliphatic carboxylic acids is 1. The Labute approximate surface area is 133 Å². The lowest BCUT2D eigenvalue weighted by Gasteiger charge is -2.25. The number of carbonyl (C=O) groups is 2. The van der Waals surface area contributed by atoms with Crippen LogP contribution in [0.15, 0.2) is 12.1 Å². The van der Waals surface area contributed by atoms with E-state index in [1.165, 1.54) is 20.3 Å². The molecular weight excluding hydrogens is 305 g/mol. The first-order chi connectivity index (χ1) is 11.0. The number of nitrogens with one attached hydrogen (secondary N) is 1. The van der Waals surface area contributed by atoms with Crippen LogP contribution in [-0.2, 0) is 9.59 Å². The first-order valence-electron chi connectivity index (χ1n) is 7.41. The van der Waals surface area contributed by atoms with E-state index in [9.17, 15) is 14.0 Å². The zero-order valence-corrected chi connectivity index (χ0v) is 13.1. The fraction of sp³-hybridized carbons (Fsp3) is 0.500. The van der Waals surface area contributed by atoms with E-state index >= 15 is 0 Å². The van der Waals surface area contributed by atoms with Crippen LogP contribution in [0.4, 0.5) is 10.1 Å². The smallest absolute Gasteiger partial charge is 0.306 e. The van der Waals surface area contributed by atoms with Gasteiger partial charge in [0.15, 0.2) is 17.3 Å². The predicted molar refractivity (Wildman–Crippen MR) is 81.2 cm³/mol. The number of carboxylic acid groups (broad SMARTS) is 1. The largest absolute Gasteiger partial charge is 0.493 e. The molecule has 0 radical (unpaired) electrons. The molecule has 0 heterocycles. The van der Waals surface area contributed by atoms with Gasteiger partial charge >= 0.3 is 5.97 Å². The Morgan fingerprint density at radius 3 is 2.13 bits per heavy atom. The molecule has 1 aromatic rings. The van der Waals surface area contributed by atoms with Crippen LogP contribution < -0.4 is 14.8 Å². The molecule has 23 heavy (non-hydrogen) atoms. The van der Waals surface area contributed by atoms with E-state index in [1.807, 2.05) is 0 Å². The van der Waals surface area contributed by atoms with Gasteiger partial charge in [-0.1, -0.05) is 0 Å². The number of hydrogen-bond acceptors (Lipinski definition) is 4. The van der Waals surface area contributed by atoms with Crippen LogP contribution in [0.2, 0.25) is 0 Å². The lowest BCUT2D eigenvalue weighted by molar-refractivity contribution is -0.143. The average molecular weight is 325 g/mol. The number of rotatable bonds is 5. The van der Waals surface area contributed by atoms with Gasteiger partial charge in [-0.2, -0.15) is 0 Å². The average Bonchev–Trinajstić information content (AvgIpc) is 2.56. The summed E-state index contributed by atoms with van der Waals surface area (Å²) in [7, 11) is 2.82. The van der Waals surface area contributed by atoms with Gasteiger partial charge in [-0.3, -0.25) is 9.59 Å². The number of carboxylic acids is 1. The number of hydrogen-bond donors (Lipinski definition) is 2. The number of ether oxygens (including phenoxy) is 2. The highest BCUT2D eigenvalue weighted by atomic mass is 19.1. The number of halogens is 1. The molecule has 0 bridgehead atoms. The third-order valence-electron chi connectivity index (χ3n) is 4.18. The third-order valence-corrected chi connectivity index (χ3v) is 4.18. The summed E-state index contributed by atoms with van der Waals surface area (Å²) < 4.78 is 24.1. The highest BCUT2D eigenvalue weighted by molar-refractivity contribution is 5.93. The van der Waals surface area contributed by atoms with E-state index < -0.39 is 17.7 Å². The Bertz CT molecular complexity index is 596. The second-order valence-corrected chi connectivity index (χ2v) is 5.56. The van der Waals surface area contributed by atoms with E-state index in [4.69, 9.17) is 14.6 Å². The molecule has 0 spiro atoms. The van der Waals surface area contributed by atoms with E-state index in [-0.39, 0.29) is 23.3 Å². The van der Waals surface area contributed by atoms with Crippen LogP contribution in [0.1, 0.15) is 25.7 Å². The standard InChI is InChI=1S/C16H20FNO5/c1-22-13-7-11(17)12(8-14(13)23-2)18-15(19)9-3-5-10(6-4-9)16(20)21/h7-10H,3-6H2,1-2H3,(H,18,19)(H,20,21). The summed E-state index contributed by atoms with van der Waals surface area (Å²) in [5.41, 5.74) is 0.0213. The summed E-state index contributed by atoms with van der Waals surface area (Å²) in [4.78, 5) is 23.2. The normalized spacial score (nSPS) is 20.7. The van der Waals surface area contributed by atoms with Crippen molar-refractivity contribution in [2.45, 2.75) is 25.7 Å². The summed E-state index contributed by atoms with van der Waals surface area (Å²) in [6, 6.07) is 2.52. The Kier molecular flexibility index (Phi) is 5.41. The van der Waals surface area contributed by atoms with E-state index in [0.29, 0.717) is 31.4 Å². The molecule has 0 atom stereocenters. The Morgan fingerprint density at radius 2 is 1.61 bits per heavy atom. The first kappa shape index (κ1) is 17.1. The molecule has 2 N–H and O–H groups in total. The van der Waals surface area contributed by atoms with Gasteiger partial charge in [-0.25, -0.2) is 4.39 Å². The third kappa shape index (κ3) is 3.91. The van der Waals surface area contributed by atoms with E-state index in [1.54, 1.807) is 0 Å². The van der Waals surface area contributed by atoms with Crippen molar-refractivity contribution in [1.82, 2.24) is 0 Å².